The first-order chi connectivity index (χ1) is 14.3. The monoisotopic (exact) mass is 448 g/mol. The van der Waals surface area contributed by atoms with Gasteiger partial charge in [-0.2, -0.15) is 0 Å². The third-order valence-corrected chi connectivity index (χ3v) is 4.68. The zero-order valence-electron chi connectivity index (χ0n) is 16.0. The van der Waals surface area contributed by atoms with Gasteiger partial charge in [0.05, 0.1) is 24.9 Å². The summed E-state index contributed by atoms with van der Waals surface area (Å²) in [7, 11) is 2.95. The third-order valence-electron chi connectivity index (χ3n) is 4.11. The number of halogens is 1. The van der Waals surface area contributed by atoms with Crippen LogP contribution < -0.4 is 24.4 Å². The highest BCUT2D eigenvalue weighted by atomic mass is 35.5. The molecule has 0 saturated carbocycles. The Morgan fingerprint density at radius 3 is 2.53 bits per heavy atom. The first-order valence-electron chi connectivity index (χ1n) is 8.57. The van der Waals surface area contributed by atoms with Crippen LogP contribution in [0.2, 0.25) is 5.02 Å². The molecule has 8 nitrogen and oxygen atoms in total. The summed E-state index contributed by atoms with van der Waals surface area (Å²) in [5.74, 6) is -0.494. The van der Waals surface area contributed by atoms with Crippen LogP contribution in [0.15, 0.2) is 42.1 Å². The van der Waals surface area contributed by atoms with E-state index >= 15 is 0 Å². The highest BCUT2D eigenvalue weighted by Crippen LogP contribution is 2.37. The van der Waals surface area contributed by atoms with E-state index in [9.17, 15) is 9.59 Å². The lowest BCUT2D eigenvalue weighted by atomic mass is 10.1. The van der Waals surface area contributed by atoms with Crippen molar-refractivity contribution in [3.8, 4) is 17.2 Å². The number of carbonyl (C=O) groups is 2. The van der Waals surface area contributed by atoms with E-state index in [0.717, 1.165) is 0 Å². The molecule has 156 valence electrons. The molecule has 1 aliphatic heterocycles. The fourth-order valence-corrected chi connectivity index (χ4v) is 3.34. The molecule has 1 saturated heterocycles. The number of nitrogens with one attached hydrogen (secondary N) is 1. The predicted molar refractivity (Wildman–Crippen MR) is 115 cm³/mol. The molecule has 2 aromatic rings. The van der Waals surface area contributed by atoms with E-state index in [1.54, 1.807) is 43.5 Å². The molecule has 0 bridgehead atoms. The average Bonchev–Trinajstić information content (AvgIpc) is 2.99. The second kappa shape index (κ2) is 9.02. The van der Waals surface area contributed by atoms with Crippen LogP contribution in [-0.2, 0) is 9.59 Å². The second-order valence-corrected chi connectivity index (χ2v) is 6.84. The normalized spacial score (nSPS) is 14.6. The number of ether oxygens (including phenoxy) is 3. The van der Waals surface area contributed by atoms with Crippen LogP contribution in [0, 0.1) is 0 Å². The standard InChI is InChI=1S/C20H17ClN2O6S/c1-27-13-5-3-12(4-6-13)23-19(26)15(22-20(23)30)8-11-7-14(21)18(16(9-11)28-2)29-10-17(24)25/h3-9H,10H2,1-2H3,(H,22,30)(H,24,25). The molecule has 0 unspecified atom stereocenters. The van der Waals surface area contributed by atoms with Gasteiger partial charge in [-0.25, -0.2) is 4.79 Å². The molecule has 10 heteroatoms. The molecule has 30 heavy (non-hydrogen) atoms. The van der Waals surface area contributed by atoms with E-state index in [1.165, 1.54) is 18.1 Å². The molecule has 0 aromatic heterocycles. The number of rotatable bonds is 7. The smallest absolute Gasteiger partial charge is 0.341 e. The quantitative estimate of drug-likeness (QED) is 0.492. The minimum absolute atomic E-state index is 0.102. The molecule has 0 spiro atoms. The minimum atomic E-state index is -1.15. The molecular formula is C20H17ClN2O6S. The predicted octanol–water partition coefficient (Wildman–Crippen LogP) is 3.08. The zero-order chi connectivity index (χ0) is 21.8. The van der Waals surface area contributed by atoms with Crippen LogP contribution >= 0.6 is 23.8 Å². The molecule has 1 aliphatic rings. The lowest BCUT2D eigenvalue weighted by molar-refractivity contribution is -0.139. The average molecular weight is 449 g/mol. The number of methoxy groups -OCH3 is 2. The van der Waals surface area contributed by atoms with Crippen molar-refractivity contribution < 1.29 is 28.9 Å². The number of carboxylic acid groups (broad SMARTS) is 1. The van der Waals surface area contributed by atoms with E-state index in [-0.39, 0.29) is 33.2 Å². The highest BCUT2D eigenvalue weighted by molar-refractivity contribution is 7.80. The fourth-order valence-electron chi connectivity index (χ4n) is 2.76. The van der Waals surface area contributed by atoms with Gasteiger partial charge in [-0.3, -0.25) is 9.69 Å². The Labute approximate surface area is 182 Å². The van der Waals surface area contributed by atoms with Crippen molar-refractivity contribution in [2.75, 3.05) is 25.7 Å². The summed E-state index contributed by atoms with van der Waals surface area (Å²) in [5.41, 5.74) is 1.37. The number of anilines is 1. The van der Waals surface area contributed by atoms with Gasteiger partial charge in [0.1, 0.15) is 11.4 Å². The Morgan fingerprint density at radius 1 is 1.23 bits per heavy atom. The number of carboxylic acids is 1. The maximum absolute atomic E-state index is 12.9. The Kier molecular flexibility index (Phi) is 6.43. The van der Waals surface area contributed by atoms with E-state index in [2.05, 4.69) is 5.32 Å². The Balaban J connectivity index is 1.89. The van der Waals surface area contributed by atoms with Crippen LogP contribution in [0.3, 0.4) is 0 Å². The second-order valence-electron chi connectivity index (χ2n) is 6.04. The first kappa shape index (κ1) is 21.4. The van der Waals surface area contributed by atoms with Gasteiger partial charge >= 0.3 is 5.97 Å². The van der Waals surface area contributed by atoms with Crippen LogP contribution in [0.25, 0.3) is 6.08 Å². The van der Waals surface area contributed by atoms with E-state index in [0.29, 0.717) is 17.0 Å². The minimum Gasteiger partial charge on any atom is -0.497 e. The van der Waals surface area contributed by atoms with Crippen molar-refractivity contribution in [2.45, 2.75) is 0 Å². The number of hydrogen-bond acceptors (Lipinski definition) is 6. The number of aliphatic carboxylic acids is 1. The van der Waals surface area contributed by atoms with Crippen molar-refractivity contribution in [1.82, 2.24) is 5.32 Å². The SMILES string of the molecule is COc1ccc(N2C(=O)C(=Cc3cc(Cl)c(OCC(=O)O)c(OC)c3)NC2=S)cc1. The van der Waals surface area contributed by atoms with Crippen LogP contribution in [-0.4, -0.2) is 42.9 Å². The number of thiocarbonyl (C=S) groups is 1. The maximum atomic E-state index is 12.9. The van der Waals surface area contributed by atoms with E-state index in [1.807, 2.05) is 0 Å². The van der Waals surface area contributed by atoms with Crippen molar-refractivity contribution in [3.05, 3.63) is 52.7 Å². The molecule has 2 aromatic carbocycles. The first-order valence-corrected chi connectivity index (χ1v) is 9.36. The molecule has 1 heterocycles. The molecule has 1 amide bonds. The molecular weight excluding hydrogens is 432 g/mol. The molecule has 1 fully saturated rings. The van der Waals surface area contributed by atoms with Gasteiger partial charge in [0.15, 0.2) is 23.2 Å². The van der Waals surface area contributed by atoms with E-state index in [4.69, 9.17) is 43.1 Å². The van der Waals surface area contributed by atoms with Gasteiger partial charge in [0, 0.05) is 0 Å². The molecule has 3 rings (SSSR count). The maximum Gasteiger partial charge on any atom is 0.341 e. The molecule has 2 N–H and O–H groups in total. The molecule has 0 radical (unpaired) electrons. The van der Waals surface area contributed by atoms with Crippen molar-refractivity contribution in [3.63, 3.8) is 0 Å². The van der Waals surface area contributed by atoms with Gasteiger partial charge in [0.2, 0.25) is 0 Å². The van der Waals surface area contributed by atoms with E-state index < -0.39 is 12.6 Å². The third kappa shape index (κ3) is 4.47. The summed E-state index contributed by atoms with van der Waals surface area (Å²) in [4.78, 5) is 25.0. The van der Waals surface area contributed by atoms with Gasteiger partial charge in [-0.05, 0) is 60.3 Å². The van der Waals surface area contributed by atoms with Gasteiger partial charge in [-0.15, -0.1) is 0 Å². The topological polar surface area (TPSA) is 97.3 Å². The Hall–Kier alpha value is -3.30. The number of hydrogen-bond donors (Lipinski definition) is 2. The Bertz CT molecular complexity index is 1040. The zero-order valence-corrected chi connectivity index (χ0v) is 17.5. The largest absolute Gasteiger partial charge is 0.497 e. The fraction of sp³-hybridized carbons (Fsp3) is 0.150. The summed E-state index contributed by atoms with van der Waals surface area (Å²) < 4.78 is 15.5. The molecule has 0 aliphatic carbocycles. The van der Waals surface area contributed by atoms with Crippen molar-refractivity contribution >= 4 is 52.6 Å². The van der Waals surface area contributed by atoms with Gasteiger partial charge in [-0.1, -0.05) is 11.6 Å². The summed E-state index contributed by atoms with van der Waals surface area (Å²) in [6.45, 7) is -0.568. The van der Waals surface area contributed by atoms with Crippen molar-refractivity contribution in [2.24, 2.45) is 0 Å². The number of amides is 1. The summed E-state index contributed by atoms with van der Waals surface area (Å²) in [6.07, 6.45) is 1.56. The summed E-state index contributed by atoms with van der Waals surface area (Å²) in [6, 6.07) is 10.0. The van der Waals surface area contributed by atoms with Crippen molar-refractivity contribution in [1.29, 1.82) is 0 Å². The van der Waals surface area contributed by atoms with Gasteiger partial charge < -0.3 is 24.6 Å². The highest BCUT2D eigenvalue weighted by Gasteiger charge is 2.32. The summed E-state index contributed by atoms with van der Waals surface area (Å²) >= 11 is 11.5. The lowest BCUT2D eigenvalue weighted by Crippen LogP contribution is -2.30. The number of nitrogens with zero attached hydrogens (tertiary/aromatic N) is 1. The van der Waals surface area contributed by atoms with Crippen LogP contribution in [0.4, 0.5) is 5.69 Å². The number of benzene rings is 2. The summed E-state index contributed by atoms with van der Waals surface area (Å²) in [5, 5.41) is 12.0. The molecule has 0 atom stereocenters. The van der Waals surface area contributed by atoms with Gasteiger partial charge in [0.25, 0.3) is 5.91 Å². The van der Waals surface area contributed by atoms with Crippen LogP contribution in [0.1, 0.15) is 5.56 Å². The van der Waals surface area contributed by atoms with Crippen LogP contribution in [0.5, 0.6) is 17.2 Å². The number of carbonyl (C=O) groups excluding carboxylic acids is 1. The lowest BCUT2D eigenvalue weighted by Gasteiger charge is -2.14. The Morgan fingerprint density at radius 2 is 1.93 bits per heavy atom.